The molecule has 0 radical (unpaired) electrons. The molecule has 1 aromatic carbocycles. The van der Waals surface area contributed by atoms with Gasteiger partial charge in [0.25, 0.3) is 11.8 Å². The van der Waals surface area contributed by atoms with Crippen LogP contribution in [0.4, 0.5) is 0 Å². The number of halogens is 2. The number of carbonyl (C=O) groups excluding carboxylic acids is 2. The Morgan fingerprint density at radius 3 is 2.79 bits per heavy atom. The number of aromatic amines is 1. The Morgan fingerprint density at radius 2 is 2.06 bits per heavy atom. The van der Waals surface area contributed by atoms with Crippen molar-refractivity contribution in [1.82, 2.24) is 24.6 Å². The average Bonchev–Trinajstić information content (AvgIpc) is 3.51. The second kappa shape index (κ2) is 8.62. The highest BCUT2D eigenvalue weighted by Gasteiger charge is 2.36. The molecule has 4 aromatic rings. The molecule has 0 saturated carbocycles. The zero-order valence-corrected chi connectivity index (χ0v) is 21.2. The van der Waals surface area contributed by atoms with Crippen molar-refractivity contribution in [3.05, 3.63) is 73.9 Å². The number of fused-ring (bicyclic) bond motifs is 1. The summed E-state index contributed by atoms with van der Waals surface area (Å²) < 4.78 is 3.58. The molecule has 1 unspecified atom stereocenters. The molecule has 10 heteroatoms. The lowest BCUT2D eigenvalue weighted by molar-refractivity contribution is 0.0385. The number of aromatic nitrogens is 3. The molecule has 0 bridgehead atoms. The highest BCUT2D eigenvalue weighted by atomic mass is 79.9. The van der Waals surface area contributed by atoms with Crippen molar-refractivity contribution >= 4 is 60.9 Å². The Bertz CT molecular complexity index is 1350. The normalized spacial score (nSPS) is 16.5. The second-order valence-electron chi connectivity index (χ2n) is 8.16. The van der Waals surface area contributed by atoms with Crippen molar-refractivity contribution in [2.75, 3.05) is 19.6 Å². The first-order chi connectivity index (χ1) is 15.8. The number of hydrogen-bond donors (Lipinski definition) is 1. The number of amides is 2. The van der Waals surface area contributed by atoms with Gasteiger partial charge in [-0.1, -0.05) is 27.5 Å². The second-order valence-corrected chi connectivity index (χ2v) is 10.5. The van der Waals surface area contributed by atoms with E-state index in [9.17, 15) is 9.59 Å². The van der Waals surface area contributed by atoms with Crippen LogP contribution in [0.15, 0.2) is 47.3 Å². The molecule has 1 saturated heterocycles. The monoisotopic (exact) mass is 545 g/mol. The fourth-order valence-electron chi connectivity index (χ4n) is 4.18. The summed E-state index contributed by atoms with van der Waals surface area (Å²) in [6.45, 7) is 3.15. The molecule has 5 rings (SSSR count). The SMILES string of the molecule is Cc1cc(Cl)c(C(=O)N2CCN(C(=O)c3cc4[nH]ccc4s3)CC2c2cnn(C)c2)cc1Br. The molecular weight excluding hydrogens is 526 g/mol. The number of aryl methyl sites for hydroxylation is 2. The van der Waals surface area contributed by atoms with Gasteiger partial charge in [0.2, 0.25) is 0 Å². The van der Waals surface area contributed by atoms with Crippen LogP contribution >= 0.6 is 38.9 Å². The average molecular weight is 547 g/mol. The number of nitrogens with one attached hydrogen (secondary N) is 1. The van der Waals surface area contributed by atoms with Gasteiger partial charge in [0.05, 0.1) is 37.9 Å². The van der Waals surface area contributed by atoms with Gasteiger partial charge in [-0.25, -0.2) is 0 Å². The maximum atomic E-state index is 13.6. The smallest absolute Gasteiger partial charge is 0.264 e. The van der Waals surface area contributed by atoms with Crippen LogP contribution in [0.2, 0.25) is 5.02 Å². The Hall–Kier alpha value is -2.62. The van der Waals surface area contributed by atoms with Gasteiger partial charge in [-0.15, -0.1) is 11.3 Å². The van der Waals surface area contributed by atoms with E-state index in [1.165, 1.54) is 11.3 Å². The molecule has 1 aliphatic rings. The number of hydrogen-bond acceptors (Lipinski definition) is 4. The van der Waals surface area contributed by atoms with E-state index in [-0.39, 0.29) is 17.9 Å². The van der Waals surface area contributed by atoms with Crippen LogP contribution in [0.1, 0.15) is 37.2 Å². The van der Waals surface area contributed by atoms with E-state index < -0.39 is 0 Å². The number of rotatable bonds is 3. The highest BCUT2D eigenvalue weighted by molar-refractivity contribution is 9.10. The molecule has 33 heavy (non-hydrogen) atoms. The lowest BCUT2D eigenvalue weighted by Crippen LogP contribution is -2.52. The zero-order chi connectivity index (χ0) is 23.3. The number of piperazine rings is 1. The van der Waals surface area contributed by atoms with Crippen molar-refractivity contribution in [2.45, 2.75) is 13.0 Å². The number of thiophene rings is 1. The molecular formula is C23H21BrClN5O2S. The number of benzene rings is 1. The standard InChI is InChI=1S/C23H21BrClN5O2S/c1-13-7-17(25)15(8-16(13)24)22(31)30-6-5-29(12-19(30)14-10-27-28(2)11-14)23(32)21-9-18-20(33-21)3-4-26-18/h3-4,7-11,19,26H,5-6,12H2,1-2H3. The van der Waals surface area contributed by atoms with Crippen molar-refractivity contribution in [1.29, 1.82) is 0 Å². The number of carbonyl (C=O) groups is 2. The van der Waals surface area contributed by atoms with Crippen LogP contribution in [0, 0.1) is 6.92 Å². The molecule has 0 aliphatic carbocycles. The fourth-order valence-corrected chi connectivity index (χ4v) is 5.82. The summed E-state index contributed by atoms with van der Waals surface area (Å²) in [5, 5.41) is 4.71. The largest absolute Gasteiger partial charge is 0.360 e. The lowest BCUT2D eigenvalue weighted by Gasteiger charge is -2.41. The van der Waals surface area contributed by atoms with Gasteiger partial charge in [0.1, 0.15) is 0 Å². The number of H-pyrrole nitrogens is 1. The summed E-state index contributed by atoms with van der Waals surface area (Å²) in [6, 6.07) is 7.09. The zero-order valence-electron chi connectivity index (χ0n) is 18.0. The summed E-state index contributed by atoms with van der Waals surface area (Å²) in [5.74, 6) is -0.187. The first-order valence-corrected chi connectivity index (χ1v) is 12.4. The van der Waals surface area contributed by atoms with Crippen LogP contribution in [-0.4, -0.2) is 56.0 Å². The van der Waals surface area contributed by atoms with E-state index in [2.05, 4.69) is 26.0 Å². The van der Waals surface area contributed by atoms with E-state index in [0.717, 1.165) is 25.8 Å². The summed E-state index contributed by atoms with van der Waals surface area (Å²) in [5.41, 5.74) is 3.24. The summed E-state index contributed by atoms with van der Waals surface area (Å²) in [4.78, 5) is 34.3. The van der Waals surface area contributed by atoms with Crippen molar-refractivity contribution in [2.24, 2.45) is 7.05 Å². The van der Waals surface area contributed by atoms with Crippen LogP contribution in [0.25, 0.3) is 10.2 Å². The molecule has 1 N–H and O–H groups in total. The highest BCUT2D eigenvalue weighted by Crippen LogP contribution is 2.33. The van der Waals surface area contributed by atoms with E-state index >= 15 is 0 Å². The van der Waals surface area contributed by atoms with Gasteiger partial charge in [-0.2, -0.15) is 5.10 Å². The molecule has 1 atom stereocenters. The maximum Gasteiger partial charge on any atom is 0.264 e. The van der Waals surface area contributed by atoms with Gasteiger partial charge in [0.15, 0.2) is 0 Å². The minimum Gasteiger partial charge on any atom is -0.360 e. The van der Waals surface area contributed by atoms with Crippen molar-refractivity contribution in [3.63, 3.8) is 0 Å². The summed E-state index contributed by atoms with van der Waals surface area (Å²) in [7, 11) is 1.84. The van der Waals surface area contributed by atoms with Crippen LogP contribution in [0.5, 0.6) is 0 Å². The van der Waals surface area contributed by atoms with Gasteiger partial charge < -0.3 is 14.8 Å². The predicted molar refractivity (Wildman–Crippen MR) is 133 cm³/mol. The Kier molecular flexibility index (Phi) is 5.80. The third-order valence-electron chi connectivity index (χ3n) is 5.96. The fraction of sp³-hybridized carbons (Fsp3) is 0.261. The van der Waals surface area contributed by atoms with E-state index in [4.69, 9.17) is 11.6 Å². The maximum absolute atomic E-state index is 13.6. The molecule has 7 nitrogen and oxygen atoms in total. The van der Waals surface area contributed by atoms with Crippen molar-refractivity contribution in [3.8, 4) is 0 Å². The van der Waals surface area contributed by atoms with E-state index in [1.54, 1.807) is 27.9 Å². The Balaban J connectivity index is 1.46. The molecule has 1 fully saturated rings. The van der Waals surface area contributed by atoms with Gasteiger partial charge in [-0.3, -0.25) is 14.3 Å². The van der Waals surface area contributed by atoms with Crippen LogP contribution < -0.4 is 0 Å². The molecule has 3 aromatic heterocycles. The molecule has 170 valence electrons. The van der Waals surface area contributed by atoms with Crippen molar-refractivity contribution < 1.29 is 9.59 Å². The molecule has 4 heterocycles. The van der Waals surface area contributed by atoms with Crippen LogP contribution in [0.3, 0.4) is 0 Å². The van der Waals surface area contributed by atoms with E-state index in [1.807, 2.05) is 43.4 Å². The first kappa shape index (κ1) is 22.2. The van der Waals surface area contributed by atoms with Gasteiger partial charge in [0, 0.05) is 49.1 Å². The van der Waals surface area contributed by atoms with Crippen LogP contribution in [-0.2, 0) is 7.05 Å². The minimum absolute atomic E-state index is 0.0262. The minimum atomic E-state index is -0.329. The third-order valence-corrected chi connectivity index (χ3v) is 8.22. The topological polar surface area (TPSA) is 74.2 Å². The summed E-state index contributed by atoms with van der Waals surface area (Å²) >= 11 is 11.4. The van der Waals surface area contributed by atoms with E-state index in [0.29, 0.717) is 35.1 Å². The molecule has 2 amide bonds. The summed E-state index contributed by atoms with van der Waals surface area (Å²) in [6.07, 6.45) is 5.51. The lowest BCUT2D eigenvalue weighted by atomic mass is 10.0. The van der Waals surface area contributed by atoms with Gasteiger partial charge in [-0.05, 0) is 36.8 Å². The quantitative estimate of drug-likeness (QED) is 0.392. The first-order valence-electron chi connectivity index (χ1n) is 10.4. The number of nitrogens with zero attached hydrogens (tertiary/aromatic N) is 4. The Labute approximate surface area is 208 Å². The Morgan fingerprint density at radius 1 is 1.24 bits per heavy atom. The third kappa shape index (κ3) is 4.09. The molecule has 1 aliphatic heterocycles. The predicted octanol–water partition coefficient (Wildman–Crippen LogP) is 5.03. The van der Waals surface area contributed by atoms with Gasteiger partial charge >= 0.3 is 0 Å². The molecule has 0 spiro atoms.